The maximum absolute atomic E-state index is 13.3. The van der Waals surface area contributed by atoms with E-state index in [1.54, 1.807) is 39.0 Å². The molecule has 45 heavy (non-hydrogen) atoms. The fourth-order valence-corrected chi connectivity index (χ4v) is 5.62. The van der Waals surface area contributed by atoms with E-state index in [4.69, 9.17) is 34.8 Å². The number of Topliss-reactive ketones (excluding diaryl/α,β-unsaturated/α-hetero) is 1. The molecule has 1 aliphatic rings. The summed E-state index contributed by atoms with van der Waals surface area (Å²) in [5.74, 6) is -0.750. The number of nitrogens with two attached hydrogens (primary N) is 2. The monoisotopic (exact) mass is 618 g/mol. The number of anilines is 1. The van der Waals surface area contributed by atoms with Gasteiger partial charge in [0.2, 0.25) is 6.29 Å². The van der Waals surface area contributed by atoms with Gasteiger partial charge < -0.3 is 45.0 Å². The smallest absolute Gasteiger partial charge is 0.404 e. The Bertz CT molecular complexity index is 1820. The first-order valence-electron chi connectivity index (χ1n) is 14.1. The fraction of sp³-hybridized carbons (Fsp3) is 0.303. The number of ketones is 1. The summed E-state index contributed by atoms with van der Waals surface area (Å²) in [7, 11) is 1.38. The van der Waals surface area contributed by atoms with E-state index in [1.165, 1.54) is 19.2 Å². The van der Waals surface area contributed by atoms with Gasteiger partial charge >= 0.3 is 11.7 Å². The molecule has 1 aliphatic heterocycles. The lowest BCUT2D eigenvalue weighted by Gasteiger charge is -2.47. The van der Waals surface area contributed by atoms with Gasteiger partial charge in [0.15, 0.2) is 18.0 Å². The number of methoxy groups -OCH3 is 1. The maximum atomic E-state index is 13.3. The van der Waals surface area contributed by atoms with Crippen LogP contribution in [0.25, 0.3) is 22.1 Å². The average Bonchev–Trinajstić information content (AvgIpc) is 2.99. The second kappa shape index (κ2) is 12.2. The number of rotatable bonds is 8. The molecule has 6 N–H and O–H groups in total. The molecule has 0 unspecified atom stereocenters. The number of aliphatic hydroxyl groups is 1. The van der Waals surface area contributed by atoms with Crippen LogP contribution in [0.3, 0.4) is 0 Å². The minimum Gasteiger partial charge on any atom is -0.507 e. The van der Waals surface area contributed by atoms with E-state index < -0.39 is 59.9 Å². The van der Waals surface area contributed by atoms with E-state index in [-0.39, 0.29) is 33.5 Å². The van der Waals surface area contributed by atoms with Gasteiger partial charge in [-0.3, -0.25) is 4.79 Å². The van der Waals surface area contributed by atoms with E-state index in [2.05, 4.69) is 0 Å². The van der Waals surface area contributed by atoms with Crippen molar-refractivity contribution in [2.45, 2.75) is 57.4 Å². The van der Waals surface area contributed by atoms with Gasteiger partial charge in [-0.2, -0.15) is 0 Å². The van der Waals surface area contributed by atoms with E-state index in [1.807, 2.05) is 30.3 Å². The summed E-state index contributed by atoms with van der Waals surface area (Å²) in [6, 6.07) is 17.4. The molecule has 3 aromatic carbocycles. The molecule has 1 amide bonds. The quantitative estimate of drug-likeness (QED) is 0.127. The van der Waals surface area contributed by atoms with E-state index in [0.29, 0.717) is 5.56 Å². The van der Waals surface area contributed by atoms with Crippen molar-refractivity contribution >= 4 is 28.5 Å². The number of aryl methyl sites for hydroxylation is 1. The third kappa shape index (κ3) is 6.07. The van der Waals surface area contributed by atoms with Gasteiger partial charge in [-0.1, -0.05) is 36.4 Å². The van der Waals surface area contributed by atoms with E-state index >= 15 is 0 Å². The average molecular weight is 619 g/mol. The Morgan fingerprint density at radius 1 is 1.04 bits per heavy atom. The number of hydrogen-bond acceptors (Lipinski definition) is 11. The van der Waals surface area contributed by atoms with Crippen molar-refractivity contribution in [1.29, 1.82) is 0 Å². The standard InChI is InChI=1S/C33H34N2O10/c1-16-24(42-31-26(38)28(44-32(35)40)29(41-4)33(2,3)45-31)13-11-19-25(37)21(30(39)43-27(16)19)15-23(36)20-14-18(10-12-22(20)34)17-8-6-5-7-9-17/h5-14,26,28-29,31,37-38H,15,34H2,1-4H3,(H2,35,40)/t26-,28+,29-,31-/m1/s1. The molecule has 4 atom stereocenters. The lowest BCUT2D eigenvalue weighted by molar-refractivity contribution is -0.304. The molecule has 0 aliphatic carbocycles. The number of primary amides is 1. The highest BCUT2D eigenvalue weighted by Crippen LogP contribution is 2.38. The van der Waals surface area contributed by atoms with Gasteiger partial charge in [0, 0.05) is 30.3 Å². The number of aromatic hydroxyl groups is 1. The number of aliphatic hydroxyl groups excluding tert-OH is 1. The van der Waals surface area contributed by atoms with Crippen LogP contribution < -0.4 is 21.8 Å². The van der Waals surface area contributed by atoms with Crippen LogP contribution in [0, 0.1) is 6.92 Å². The molecule has 2 heterocycles. The van der Waals surface area contributed by atoms with Gasteiger partial charge in [0.05, 0.1) is 16.6 Å². The van der Waals surface area contributed by atoms with Crippen LogP contribution in [0.5, 0.6) is 11.5 Å². The second-order valence-electron chi connectivity index (χ2n) is 11.3. The molecule has 1 saturated heterocycles. The van der Waals surface area contributed by atoms with Crippen molar-refractivity contribution in [1.82, 2.24) is 0 Å². The van der Waals surface area contributed by atoms with Crippen LogP contribution in [-0.4, -0.2) is 59.4 Å². The predicted molar refractivity (Wildman–Crippen MR) is 164 cm³/mol. The Labute approximate surface area is 258 Å². The van der Waals surface area contributed by atoms with Gasteiger partial charge in [-0.25, -0.2) is 9.59 Å². The number of carbonyl (C=O) groups excluding carboxylic acids is 2. The van der Waals surface area contributed by atoms with Gasteiger partial charge in [0.1, 0.15) is 23.2 Å². The molecule has 4 aromatic rings. The molecule has 0 spiro atoms. The Morgan fingerprint density at radius 2 is 1.76 bits per heavy atom. The normalized spacial score (nSPS) is 20.9. The third-order valence-corrected chi connectivity index (χ3v) is 7.90. The highest BCUT2D eigenvalue weighted by atomic mass is 16.7. The van der Waals surface area contributed by atoms with Crippen LogP contribution in [0.15, 0.2) is 69.9 Å². The summed E-state index contributed by atoms with van der Waals surface area (Å²) >= 11 is 0. The highest BCUT2D eigenvalue weighted by molar-refractivity contribution is 6.03. The number of fused-ring (bicyclic) bond motifs is 1. The summed E-state index contributed by atoms with van der Waals surface area (Å²) < 4.78 is 28.0. The summed E-state index contributed by atoms with van der Waals surface area (Å²) in [5, 5.41) is 22.3. The van der Waals surface area contributed by atoms with Crippen LogP contribution in [0.1, 0.15) is 35.3 Å². The van der Waals surface area contributed by atoms with Crippen molar-refractivity contribution in [2.24, 2.45) is 5.73 Å². The van der Waals surface area contributed by atoms with Crippen LogP contribution in [-0.2, 0) is 20.6 Å². The van der Waals surface area contributed by atoms with Crippen molar-refractivity contribution in [2.75, 3.05) is 12.8 Å². The first kappa shape index (κ1) is 31.5. The SMILES string of the molecule is CO[C@@H]1[C@@H](OC(N)=O)[C@@H](O)[C@H](Oc2ccc3c(O)c(CC(=O)c4cc(-c5ccccc5)ccc4N)c(=O)oc3c2C)OC1(C)C. The Hall–Kier alpha value is -4.91. The summed E-state index contributed by atoms with van der Waals surface area (Å²) in [6.45, 7) is 4.91. The predicted octanol–water partition coefficient (Wildman–Crippen LogP) is 3.84. The number of amides is 1. The minimum absolute atomic E-state index is 0.000973. The summed E-state index contributed by atoms with van der Waals surface area (Å²) in [6.07, 6.45) is -6.51. The summed E-state index contributed by atoms with van der Waals surface area (Å²) in [5.41, 5.74) is 11.5. The maximum Gasteiger partial charge on any atom is 0.404 e. The van der Waals surface area contributed by atoms with E-state index in [0.717, 1.165) is 11.1 Å². The number of carbonyl (C=O) groups is 2. The van der Waals surface area contributed by atoms with Crippen LogP contribution in [0.4, 0.5) is 10.5 Å². The molecule has 1 aromatic heterocycles. The molecule has 0 saturated carbocycles. The molecule has 1 fully saturated rings. The molecule has 12 nitrogen and oxygen atoms in total. The minimum atomic E-state index is -1.51. The van der Waals surface area contributed by atoms with Crippen LogP contribution in [0.2, 0.25) is 0 Å². The lowest BCUT2D eigenvalue weighted by Crippen LogP contribution is -2.65. The molecule has 12 heteroatoms. The zero-order valence-electron chi connectivity index (χ0n) is 25.1. The summed E-state index contributed by atoms with van der Waals surface area (Å²) in [4.78, 5) is 38.0. The van der Waals surface area contributed by atoms with Crippen molar-refractivity contribution in [3.05, 3.63) is 87.8 Å². The Morgan fingerprint density at radius 3 is 2.42 bits per heavy atom. The molecule has 5 rings (SSSR count). The zero-order chi connectivity index (χ0) is 32.6. The number of nitrogen functional groups attached to an aromatic ring is 1. The first-order valence-corrected chi connectivity index (χ1v) is 14.1. The fourth-order valence-electron chi connectivity index (χ4n) is 5.62. The van der Waals surface area contributed by atoms with Gasteiger partial charge in [0.25, 0.3) is 0 Å². The molecular formula is C33H34N2O10. The van der Waals surface area contributed by atoms with Gasteiger partial charge in [-0.15, -0.1) is 0 Å². The van der Waals surface area contributed by atoms with Crippen molar-refractivity contribution < 1.29 is 43.2 Å². The molecule has 0 bridgehead atoms. The lowest BCUT2D eigenvalue weighted by atomic mass is 9.89. The zero-order valence-corrected chi connectivity index (χ0v) is 25.1. The molecule has 236 valence electrons. The number of hydrogen-bond donors (Lipinski definition) is 4. The largest absolute Gasteiger partial charge is 0.507 e. The van der Waals surface area contributed by atoms with Crippen molar-refractivity contribution in [3.63, 3.8) is 0 Å². The van der Waals surface area contributed by atoms with E-state index in [9.17, 15) is 24.6 Å². The van der Waals surface area contributed by atoms with Gasteiger partial charge in [-0.05, 0) is 56.2 Å². The first-order chi connectivity index (χ1) is 21.3. The third-order valence-electron chi connectivity index (χ3n) is 7.90. The Kier molecular flexibility index (Phi) is 8.57. The molecule has 0 radical (unpaired) electrons. The topological polar surface area (TPSA) is 194 Å². The van der Waals surface area contributed by atoms with Crippen LogP contribution >= 0.6 is 0 Å². The van der Waals surface area contributed by atoms with Crippen molar-refractivity contribution in [3.8, 4) is 22.6 Å². The highest BCUT2D eigenvalue weighted by Gasteiger charge is 2.53. The molecular weight excluding hydrogens is 584 g/mol. The second-order valence-corrected chi connectivity index (χ2v) is 11.3. The number of ether oxygens (including phenoxy) is 4. The number of benzene rings is 3. The Balaban J connectivity index is 1.44.